The van der Waals surface area contributed by atoms with E-state index in [0.717, 1.165) is 60.4 Å². The maximum absolute atomic E-state index is 6.17. The zero-order valence-corrected chi connectivity index (χ0v) is 14.4. The average molecular weight is 321 g/mol. The molecular weight excluding hydrogens is 296 g/mol. The average Bonchev–Trinajstić information content (AvgIpc) is 2.99. The Morgan fingerprint density at radius 2 is 1.91 bits per heavy atom. The van der Waals surface area contributed by atoms with Crippen LogP contribution in [0.1, 0.15) is 25.2 Å². The van der Waals surface area contributed by atoms with Crippen molar-refractivity contribution in [2.75, 3.05) is 26.2 Å². The molecule has 4 heteroatoms. The van der Waals surface area contributed by atoms with Gasteiger partial charge < -0.3 is 14.6 Å². The SMILES string of the molecule is CCN(CC)CCNCc1ccc(-c2cccc(Cl)c2C)o1. The van der Waals surface area contributed by atoms with Gasteiger partial charge in [0.05, 0.1) is 6.54 Å². The van der Waals surface area contributed by atoms with E-state index < -0.39 is 0 Å². The summed E-state index contributed by atoms with van der Waals surface area (Å²) in [5.41, 5.74) is 2.11. The molecule has 0 fully saturated rings. The Morgan fingerprint density at radius 1 is 1.14 bits per heavy atom. The molecule has 1 N–H and O–H groups in total. The molecule has 0 saturated heterocycles. The molecule has 0 bridgehead atoms. The fourth-order valence-electron chi connectivity index (χ4n) is 2.48. The number of nitrogens with one attached hydrogen (secondary N) is 1. The maximum atomic E-state index is 6.17. The summed E-state index contributed by atoms with van der Waals surface area (Å²) >= 11 is 6.17. The number of furan rings is 1. The lowest BCUT2D eigenvalue weighted by Crippen LogP contribution is -2.31. The number of halogens is 1. The second-order valence-corrected chi connectivity index (χ2v) is 5.79. The van der Waals surface area contributed by atoms with Gasteiger partial charge in [0.2, 0.25) is 0 Å². The molecule has 0 spiro atoms. The van der Waals surface area contributed by atoms with Crippen LogP contribution >= 0.6 is 11.6 Å². The van der Waals surface area contributed by atoms with Crippen LogP contribution < -0.4 is 5.32 Å². The molecule has 2 aromatic rings. The van der Waals surface area contributed by atoms with Crippen LogP contribution in [0.4, 0.5) is 0 Å². The summed E-state index contributed by atoms with van der Waals surface area (Å²) in [4.78, 5) is 2.40. The van der Waals surface area contributed by atoms with Gasteiger partial charge in [-0.1, -0.05) is 37.6 Å². The fraction of sp³-hybridized carbons (Fsp3) is 0.444. The van der Waals surface area contributed by atoms with Gasteiger partial charge in [-0.25, -0.2) is 0 Å². The smallest absolute Gasteiger partial charge is 0.134 e. The summed E-state index contributed by atoms with van der Waals surface area (Å²) in [7, 11) is 0. The number of hydrogen-bond donors (Lipinski definition) is 1. The zero-order valence-electron chi connectivity index (χ0n) is 13.7. The van der Waals surface area contributed by atoms with Crippen LogP contribution in [0.5, 0.6) is 0 Å². The van der Waals surface area contributed by atoms with Gasteiger partial charge in [0.15, 0.2) is 0 Å². The van der Waals surface area contributed by atoms with Crippen molar-refractivity contribution in [3.8, 4) is 11.3 Å². The van der Waals surface area contributed by atoms with Gasteiger partial charge in [-0.05, 0) is 43.8 Å². The lowest BCUT2D eigenvalue weighted by molar-refractivity contribution is 0.300. The van der Waals surface area contributed by atoms with Crippen molar-refractivity contribution in [1.29, 1.82) is 0 Å². The van der Waals surface area contributed by atoms with Gasteiger partial charge in [0.25, 0.3) is 0 Å². The summed E-state index contributed by atoms with van der Waals surface area (Å²) in [5.74, 6) is 1.83. The first-order chi connectivity index (χ1) is 10.7. The van der Waals surface area contributed by atoms with Gasteiger partial charge in [0, 0.05) is 23.7 Å². The van der Waals surface area contributed by atoms with E-state index in [2.05, 4.69) is 24.1 Å². The maximum Gasteiger partial charge on any atom is 0.134 e. The lowest BCUT2D eigenvalue weighted by Gasteiger charge is -2.17. The van der Waals surface area contributed by atoms with Crippen LogP contribution in [0.2, 0.25) is 5.02 Å². The molecule has 0 unspecified atom stereocenters. The van der Waals surface area contributed by atoms with E-state index in [-0.39, 0.29) is 0 Å². The van der Waals surface area contributed by atoms with Crippen LogP contribution in [0.15, 0.2) is 34.7 Å². The Balaban J connectivity index is 1.90. The molecule has 1 aromatic heterocycles. The van der Waals surface area contributed by atoms with Crippen LogP contribution in [0.3, 0.4) is 0 Å². The van der Waals surface area contributed by atoms with Crippen molar-refractivity contribution in [2.24, 2.45) is 0 Å². The molecule has 0 amide bonds. The number of nitrogens with zero attached hydrogens (tertiary/aromatic N) is 1. The highest BCUT2D eigenvalue weighted by molar-refractivity contribution is 6.31. The first kappa shape index (κ1) is 17.1. The van der Waals surface area contributed by atoms with Crippen molar-refractivity contribution in [2.45, 2.75) is 27.3 Å². The summed E-state index contributed by atoms with van der Waals surface area (Å²) in [6.07, 6.45) is 0. The minimum atomic E-state index is 0.751. The Labute approximate surface area is 138 Å². The Bertz CT molecular complexity index is 591. The minimum absolute atomic E-state index is 0.751. The molecule has 0 aliphatic rings. The molecule has 0 aliphatic heterocycles. The fourth-order valence-corrected chi connectivity index (χ4v) is 2.66. The highest BCUT2D eigenvalue weighted by atomic mass is 35.5. The molecule has 120 valence electrons. The van der Waals surface area contributed by atoms with Crippen molar-refractivity contribution < 1.29 is 4.42 Å². The largest absolute Gasteiger partial charge is 0.460 e. The number of likely N-dealkylation sites (N-methyl/N-ethyl adjacent to an activating group) is 1. The predicted octanol–water partition coefficient (Wildman–Crippen LogP) is 4.34. The van der Waals surface area contributed by atoms with Gasteiger partial charge in [0.1, 0.15) is 11.5 Å². The van der Waals surface area contributed by atoms with E-state index in [1.54, 1.807) is 0 Å². The van der Waals surface area contributed by atoms with E-state index in [0.29, 0.717) is 0 Å². The third-order valence-corrected chi connectivity index (χ3v) is 4.40. The molecule has 1 heterocycles. The lowest BCUT2D eigenvalue weighted by atomic mass is 10.1. The third-order valence-electron chi connectivity index (χ3n) is 3.99. The quantitative estimate of drug-likeness (QED) is 0.733. The molecule has 0 aliphatic carbocycles. The standard InChI is InChI=1S/C18H25ClN2O/c1-4-21(5-2)12-11-20-13-15-9-10-18(22-15)16-7-6-8-17(19)14(16)3/h6-10,20H,4-5,11-13H2,1-3H3. The molecule has 1 aromatic carbocycles. The highest BCUT2D eigenvalue weighted by Gasteiger charge is 2.09. The first-order valence-corrected chi connectivity index (χ1v) is 8.30. The minimum Gasteiger partial charge on any atom is -0.460 e. The van der Waals surface area contributed by atoms with E-state index in [1.165, 1.54) is 0 Å². The molecule has 0 radical (unpaired) electrons. The third kappa shape index (κ3) is 4.35. The topological polar surface area (TPSA) is 28.4 Å². The Morgan fingerprint density at radius 3 is 2.64 bits per heavy atom. The second kappa shape index (κ2) is 8.37. The van der Waals surface area contributed by atoms with E-state index >= 15 is 0 Å². The highest BCUT2D eigenvalue weighted by Crippen LogP contribution is 2.29. The van der Waals surface area contributed by atoms with Crippen molar-refractivity contribution in [3.05, 3.63) is 46.7 Å². The van der Waals surface area contributed by atoms with E-state index in [9.17, 15) is 0 Å². The second-order valence-electron chi connectivity index (χ2n) is 5.38. The normalized spacial score (nSPS) is 11.3. The number of rotatable bonds is 8. The predicted molar refractivity (Wildman–Crippen MR) is 93.4 cm³/mol. The van der Waals surface area contributed by atoms with E-state index in [4.69, 9.17) is 16.0 Å². The summed E-state index contributed by atoms with van der Waals surface area (Å²) in [6.45, 7) is 11.4. The molecule has 2 rings (SSSR count). The monoisotopic (exact) mass is 320 g/mol. The van der Waals surface area contributed by atoms with Crippen molar-refractivity contribution in [1.82, 2.24) is 10.2 Å². The number of benzene rings is 1. The molecular formula is C18H25ClN2O. The first-order valence-electron chi connectivity index (χ1n) is 7.93. The summed E-state index contributed by atoms with van der Waals surface area (Å²) in [5, 5.41) is 4.20. The van der Waals surface area contributed by atoms with Gasteiger partial charge >= 0.3 is 0 Å². The molecule has 3 nitrogen and oxygen atoms in total. The van der Waals surface area contributed by atoms with Crippen LogP contribution in [-0.2, 0) is 6.54 Å². The van der Waals surface area contributed by atoms with Crippen LogP contribution in [-0.4, -0.2) is 31.1 Å². The van der Waals surface area contributed by atoms with Gasteiger partial charge in [-0.2, -0.15) is 0 Å². The Kier molecular flexibility index (Phi) is 6.49. The van der Waals surface area contributed by atoms with Crippen molar-refractivity contribution >= 4 is 11.6 Å². The molecule has 0 saturated carbocycles. The zero-order chi connectivity index (χ0) is 15.9. The Hall–Kier alpha value is -1.29. The van der Waals surface area contributed by atoms with Gasteiger partial charge in [-0.15, -0.1) is 0 Å². The molecule has 0 atom stereocenters. The number of hydrogen-bond acceptors (Lipinski definition) is 3. The van der Waals surface area contributed by atoms with E-state index in [1.807, 2.05) is 37.3 Å². The summed E-state index contributed by atoms with van der Waals surface area (Å²) in [6, 6.07) is 9.94. The van der Waals surface area contributed by atoms with Crippen LogP contribution in [0.25, 0.3) is 11.3 Å². The molecule has 22 heavy (non-hydrogen) atoms. The van der Waals surface area contributed by atoms with Crippen molar-refractivity contribution in [3.63, 3.8) is 0 Å². The summed E-state index contributed by atoms with van der Waals surface area (Å²) < 4.78 is 5.93. The van der Waals surface area contributed by atoms with Crippen LogP contribution in [0, 0.1) is 6.92 Å². The van der Waals surface area contributed by atoms with Gasteiger partial charge in [-0.3, -0.25) is 0 Å².